The topological polar surface area (TPSA) is 41.5 Å². The van der Waals surface area contributed by atoms with Gasteiger partial charge < -0.3 is 0 Å². The first kappa shape index (κ1) is 14.8. The van der Waals surface area contributed by atoms with Gasteiger partial charge in [0.25, 0.3) is 5.91 Å². The van der Waals surface area contributed by atoms with Gasteiger partial charge in [-0.25, -0.2) is 14.2 Å². The maximum absolute atomic E-state index is 13.6. The summed E-state index contributed by atoms with van der Waals surface area (Å²) in [5.41, 5.74) is 4.11. The van der Waals surface area contributed by atoms with Gasteiger partial charge in [0.2, 0.25) is 0 Å². The number of carbonyl (C=O) groups is 1. The third-order valence-electron chi connectivity index (χ3n) is 3.62. The van der Waals surface area contributed by atoms with Crippen molar-refractivity contribution in [3.8, 4) is 0 Å². The van der Waals surface area contributed by atoms with E-state index < -0.39 is 11.6 Å². The van der Waals surface area contributed by atoms with E-state index in [1.54, 1.807) is 6.92 Å². The quantitative estimate of drug-likeness (QED) is 0.680. The zero-order valence-electron chi connectivity index (χ0n) is 12.0. The number of hydrazone groups is 1. The largest absolute Gasteiger partial charge is 0.281 e. The Morgan fingerprint density at radius 1 is 1.27 bits per heavy atom. The molecule has 0 bridgehead atoms. The second kappa shape index (κ2) is 5.96. The highest BCUT2D eigenvalue weighted by Gasteiger charge is 2.18. The van der Waals surface area contributed by atoms with Crippen LogP contribution < -0.4 is 5.43 Å². The number of nitrogens with one attached hydrogen (secondary N) is 1. The fraction of sp³-hybridized carbons (Fsp3) is 0.250. The number of carbonyl (C=O) groups excluding carboxylic acids is 1. The lowest BCUT2D eigenvalue weighted by Gasteiger charge is -2.03. The van der Waals surface area contributed by atoms with Crippen molar-refractivity contribution in [2.24, 2.45) is 5.10 Å². The molecular weight excluding hydrogens is 306 g/mol. The van der Waals surface area contributed by atoms with Gasteiger partial charge in [0, 0.05) is 16.5 Å². The van der Waals surface area contributed by atoms with Crippen LogP contribution in [-0.4, -0.2) is 11.6 Å². The van der Waals surface area contributed by atoms with E-state index in [9.17, 15) is 13.6 Å². The van der Waals surface area contributed by atoms with Crippen molar-refractivity contribution in [3.63, 3.8) is 0 Å². The summed E-state index contributed by atoms with van der Waals surface area (Å²) in [6.07, 6.45) is 3.18. The molecule has 0 fully saturated rings. The standard InChI is InChI=1S/C16H14F2N2OS/c1-9(12-6-5-11(17)8-13(12)18)19-20-16(21)15-7-10-3-2-4-14(10)22-15/h5-8H,2-4H2,1H3,(H,20,21)/b19-9-. The van der Waals surface area contributed by atoms with Gasteiger partial charge in [-0.05, 0) is 49.9 Å². The molecule has 0 radical (unpaired) electrons. The summed E-state index contributed by atoms with van der Waals surface area (Å²) in [6.45, 7) is 1.56. The third kappa shape index (κ3) is 2.92. The number of aryl methyl sites for hydroxylation is 2. The SMILES string of the molecule is C/C(=N/NC(=O)c1cc2c(s1)CCC2)c1ccc(F)cc1F. The zero-order chi connectivity index (χ0) is 15.7. The van der Waals surface area contributed by atoms with Crippen LogP contribution in [0.25, 0.3) is 0 Å². The minimum Gasteiger partial charge on any atom is -0.266 e. The molecule has 0 aliphatic heterocycles. The van der Waals surface area contributed by atoms with Crippen LogP contribution in [0.5, 0.6) is 0 Å². The predicted octanol–water partition coefficient (Wildman–Crippen LogP) is 3.67. The molecule has 0 saturated heterocycles. The summed E-state index contributed by atoms with van der Waals surface area (Å²) < 4.78 is 26.5. The Balaban J connectivity index is 1.73. The van der Waals surface area contributed by atoms with Crippen molar-refractivity contribution in [2.75, 3.05) is 0 Å². The first-order chi connectivity index (χ1) is 10.5. The molecule has 0 saturated carbocycles. The number of halogens is 2. The van der Waals surface area contributed by atoms with Crippen molar-refractivity contribution in [1.29, 1.82) is 0 Å². The smallest absolute Gasteiger partial charge is 0.266 e. The fourth-order valence-corrected chi connectivity index (χ4v) is 3.62. The Hall–Kier alpha value is -2.08. The second-order valence-electron chi connectivity index (χ2n) is 5.17. The van der Waals surface area contributed by atoms with Gasteiger partial charge in [-0.2, -0.15) is 5.10 Å². The molecule has 22 heavy (non-hydrogen) atoms. The van der Waals surface area contributed by atoms with E-state index in [1.807, 2.05) is 6.07 Å². The molecule has 114 valence electrons. The first-order valence-electron chi connectivity index (χ1n) is 6.96. The van der Waals surface area contributed by atoms with Crippen molar-refractivity contribution in [1.82, 2.24) is 5.43 Å². The Labute approximate surface area is 130 Å². The number of hydrogen-bond donors (Lipinski definition) is 1. The molecule has 1 aliphatic rings. The molecule has 0 atom stereocenters. The van der Waals surface area contributed by atoms with Gasteiger partial charge in [-0.3, -0.25) is 4.79 Å². The van der Waals surface area contributed by atoms with E-state index in [0.29, 0.717) is 4.88 Å². The van der Waals surface area contributed by atoms with Crippen LogP contribution in [0.3, 0.4) is 0 Å². The minimum absolute atomic E-state index is 0.162. The van der Waals surface area contributed by atoms with Crippen molar-refractivity contribution >= 4 is 23.0 Å². The summed E-state index contributed by atoms with van der Waals surface area (Å²) in [4.78, 5) is 13.9. The summed E-state index contributed by atoms with van der Waals surface area (Å²) in [5.74, 6) is -1.65. The van der Waals surface area contributed by atoms with Gasteiger partial charge in [-0.15, -0.1) is 11.3 Å². The molecule has 1 amide bonds. The predicted molar refractivity (Wildman–Crippen MR) is 82.4 cm³/mol. The average Bonchev–Trinajstić information content (AvgIpc) is 3.05. The normalized spacial score (nSPS) is 14.0. The molecule has 2 aromatic rings. The highest BCUT2D eigenvalue weighted by Crippen LogP contribution is 2.30. The molecule has 1 aromatic heterocycles. The van der Waals surface area contributed by atoms with E-state index in [-0.39, 0.29) is 17.2 Å². The number of rotatable bonds is 3. The van der Waals surface area contributed by atoms with Crippen LogP contribution in [0.15, 0.2) is 29.4 Å². The number of nitrogens with zero attached hydrogens (tertiary/aromatic N) is 1. The van der Waals surface area contributed by atoms with E-state index in [1.165, 1.54) is 27.8 Å². The molecule has 0 unspecified atom stereocenters. The van der Waals surface area contributed by atoms with Crippen molar-refractivity contribution in [3.05, 3.63) is 56.8 Å². The molecular formula is C16H14F2N2OS. The van der Waals surface area contributed by atoms with E-state index in [0.717, 1.165) is 31.4 Å². The lowest BCUT2D eigenvalue weighted by molar-refractivity contribution is 0.0959. The maximum atomic E-state index is 13.6. The molecule has 3 rings (SSSR count). The minimum atomic E-state index is -0.703. The summed E-state index contributed by atoms with van der Waals surface area (Å²) in [7, 11) is 0. The number of fused-ring (bicyclic) bond motifs is 1. The Morgan fingerprint density at radius 3 is 2.82 bits per heavy atom. The number of thiophene rings is 1. The third-order valence-corrected chi connectivity index (χ3v) is 4.85. The van der Waals surface area contributed by atoms with Gasteiger partial charge in [0.15, 0.2) is 0 Å². The zero-order valence-corrected chi connectivity index (χ0v) is 12.8. The highest BCUT2D eigenvalue weighted by atomic mass is 32.1. The molecule has 1 N–H and O–H groups in total. The Bertz CT molecular complexity index is 746. The second-order valence-corrected chi connectivity index (χ2v) is 6.31. The molecule has 1 aliphatic carbocycles. The summed E-state index contributed by atoms with van der Waals surface area (Å²) >= 11 is 1.48. The van der Waals surface area contributed by atoms with Crippen molar-refractivity contribution < 1.29 is 13.6 Å². The monoisotopic (exact) mass is 320 g/mol. The number of benzene rings is 1. The number of hydrogen-bond acceptors (Lipinski definition) is 3. The Kier molecular flexibility index (Phi) is 4.02. The first-order valence-corrected chi connectivity index (χ1v) is 7.78. The lowest BCUT2D eigenvalue weighted by Crippen LogP contribution is -2.18. The maximum Gasteiger partial charge on any atom is 0.281 e. The van der Waals surface area contributed by atoms with Gasteiger partial charge in [0.1, 0.15) is 11.6 Å². The van der Waals surface area contributed by atoms with E-state index in [2.05, 4.69) is 10.5 Å². The molecule has 3 nitrogen and oxygen atoms in total. The van der Waals surface area contributed by atoms with Crippen LogP contribution in [0.2, 0.25) is 0 Å². The van der Waals surface area contributed by atoms with Gasteiger partial charge >= 0.3 is 0 Å². The summed E-state index contributed by atoms with van der Waals surface area (Å²) in [5, 5.41) is 3.91. The Morgan fingerprint density at radius 2 is 2.09 bits per heavy atom. The number of amides is 1. The lowest BCUT2D eigenvalue weighted by atomic mass is 10.1. The molecule has 1 aromatic carbocycles. The van der Waals surface area contributed by atoms with Crippen LogP contribution in [0, 0.1) is 11.6 Å². The summed E-state index contributed by atoms with van der Waals surface area (Å²) in [6, 6.07) is 5.14. The highest BCUT2D eigenvalue weighted by molar-refractivity contribution is 7.14. The van der Waals surface area contributed by atoms with Crippen molar-refractivity contribution in [2.45, 2.75) is 26.2 Å². The van der Waals surface area contributed by atoms with Gasteiger partial charge in [-0.1, -0.05) is 0 Å². The van der Waals surface area contributed by atoms with Crippen LogP contribution in [-0.2, 0) is 12.8 Å². The van der Waals surface area contributed by atoms with Crippen LogP contribution in [0.4, 0.5) is 8.78 Å². The van der Waals surface area contributed by atoms with E-state index in [4.69, 9.17) is 0 Å². The molecule has 0 spiro atoms. The van der Waals surface area contributed by atoms with Crippen LogP contribution in [0.1, 0.15) is 39.0 Å². The van der Waals surface area contributed by atoms with Gasteiger partial charge in [0.05, 0.1) is 10.6 Å². The molecule has 1 heterocycles. The van der Waals surface area contributed by atoms with E-state index >= 15 is 0 Å². The van der Waals surface area contributed by atoms with Crippen LogP contribution >= 0.6 is 11.3 Å². The average molecular weight is 320 g/mol. The fourth-order valence-electron chi connectivity index (χ4n) is 2.47. The molecule has 6 heteroatoms.